The van der Waals surface area contributed by atoms with Gasteiger partial charge in [-0.05, 0) is 18.6 Å². The van der Waals surface area contributed by atoms with Gasteiger partial charge in [0, 0.05) is 30.8 Å². The second-order valence-corrected chi connectivity index (χ2v) is 6.13. The zero-order valence-electron chi connectivity index (χ0n) is 11.6. The number of aromatic nitrogens is 2. The van der Waals surface area contributed by atoms with E-state index in [-0.39, 0.29) is 16.3 Å². The van der Waals surface area contributed by atoms with E-state index in [9.17, 15) is 17.4 Å². The monoisotopic (exact) mass is 316 g/mol. The van der Waals surface area contributed by atoms with Crippen molar-refractivity contribution < 1.29 is 17.4 Å². The minimum atomic E-state index is -4.52. The predicted octanol–water partition coefficient (Wildman–Crippen LogP) is 3.62. The Kier molecular flexibility index (Phi) is 4.51. The first-order chi connectivity index (χ1) is 9.86. The number of nitrogens with zero attached hydrogens (tertiary/aromatic N) is 2. The van der Waals surface area contributed by atoms with Gasteiger partial charge in [0.2, 0.25) is 0 Å². The van der Waals surface area contributed by atoms with E-state index < -0.39 is 22.5 Å². The fraction of sp³-hybridized carbons (Fsp3) is 0.357. The molecule has 1 heterocycles. The third-order valence-corrected chi connectivity index (χ3v) is 4.62. The van der Waals surface area contributed by atoms with Crippen molar-refractivity contribution in [3.63, 3.8) is 0 Å². The van der Waals surface area contributed by atoms with E-state index >= 15 is 0 Å². The van der Waals surface area contributed by atoms with Gasteiger partial charge in [-0.15, -0.1) is 0 Å². The number of hydrogen-bond acceptors (Lipinski definition) is 2. The number of rotatable bonds is 4. The molecule has 7 heteroatoms. The van der Waals surface area contributed by atoms with Crippen LogP contribution in [-0.2, 0) is 24.0 Å². The summed E-state index contributed by atoms with van der Waals surface area (Å²) in [5, 5.41) is 0. The lowest BCUT2D eigenvalue weighted by Crippen LogP contribution is -2.12. The lowest BCUT2D eigenvalue weighted by molar-refractivity contribution is -0.137. The van der Waals surface area contributed by atoms with E-state index in [1.807, 2.05) is 6.92 Å². The van der Waals surface area contributed by atoms with E-state index in [0.717, 1.165) is 6.07 Å². The van der Waals surface area contributed by atoms with Crippen molar-refractivity contribution in [1.82, 2.24) is 9.55 Å². The van der Waals surface area contributed by atoms with Crippen molar-refractivity contribution in [2.45, 2.75) is 24.4 Å². The molecule has 1 unspecified atom stereocenters. The average molecular weight is 316 g/mol. The van der Waals surface area contributed by atoms with Crippen LogP contribution in [0.15, 0.2) is 35.5 Å². The summed E-state index contributed by atoms with van der Waals surface area (Å²) in [5.74, 6) is 0.487. The van der Waals surface area contributed by atoms with Gasteiger partial charge in [0.05, 0.1) is 21.3 Å². The zero-order valence-corrected chi connectivity index (χ0v) is 12.5. The number of benzene rings is 1. The van der Waals surface area contributed by atoms with Crippen LogP contribution >= 0.6 is 0 Å². The van der Waals surface area contributed by atoms with Gasteiger partial charge in [0.25, 0.3) is 0 Å². The van der Waals surface area contributed by atoms with E-state index in [0.29, 0.717) is 12.2 Å². The molecule has 0 aliphatic rings. The van der Waals surface area contributed by atoms with Crippen LogP contribution in [0, 0.1) is 0 Å². The summed E-state index contributed by atoms with van der Waals surface area (Å²) in [4.78, 5) is 4.17. The Morgan fingerprint density at radius 3 is 2.57 bits per heavy atom. The standard InChI is InChI=1S/C14H15F3N2OS/c1-3-9-21(20)11-6-4-5-10(14(15,16)17)12(11)13-18-7-8-19(13)2/h4-8H,3,9H2,1-2H3. The first kappa shape index (κ1) is 15.8. The maximum Gasteiger partial charge on any atom is 0.417 e. The van der Waals surface area contributed by atoms with Crippen molar-refractivity contribution in [1.29, 1.82) is 0 Å². The van der Waals surface area contributed by atoms with Crippen LogP contribution in [0.5, 0.6) is 0 Å². The Morgan fingerprint density at radius 1 is 1.33 bits per heavy atom. The molecule has 0 fully saturated rings. The fourth-order valence-corrected chi connectivity index (χ4v) is 3.34. The van der Waals surface area contributed by atoms with Crippen molar-refractivity contribution in [2.24, 2.45) is 7.05 Å². The Morgan fingerprint density at radius 2 is 2.05 bits per heavy atom. The van der Waals surface area contributed by atoms with Gasteiger partial charge in [0.15, 0.2) is 0 Å². The van der Waals surface area contributed by atoms with Crippen LogP contribution in [0.2, 0.25) is 0 Å². The highest BCUT2D eigenvalue weighted by Crippen LogP contribution is 2.39. The van der Waals surface area contributed by atoms with Crippen LogP contribution in [0.25, 0.3) is 11.4 Å². The molecule has 114 valence electrons. The third-order valence-electron chi connectivity index (χ3n) is 3.01. The van der Waals surface area contributed by atoms with Crippen molar-refractivity contribution >= 4 is 10.8 Å². The Hall–Kier alpha value is -1.63. The van der Waals surface area contributed by atoms with Crippen LogP contribution in [-0.4, -0.2) is 19.5 Å². The molecule has 21 heavy (non-hydrogen) atoms. The van der Waals surface area contributed by atoms with E-state index in [1.54, 1.807) is 13.2 Å². The third kappa shape index (κ3) is 3.18. The molecule has 3 nitrogen and oxygen atoms in total. The van der Waals surface area contributed by atoms with Gasteiger partial charge in [0.1, 0.15) is 5.82 Å². The van der Waals surface area contributed by atoms with Gasteiger partial charge in [-0.25, -0.2) is 4.98 Å². The molecule has 2 rings (SSSR count). The molecule has 0 saturated carbocycles. The zero-order chi connectivity index (χ0) is 15.6. The summed E-state index contributed by atoms with van der Waals surface area (Å²) in [7, 11) is 0.127. The second-order valence-electron chi connectivity index (χ2n) is 4.59. The van der Waals surface area contributed by atoms with Gasteiger partial charge >= 0.3 is 6.18 Å². The molecule has 1 aromatic heterocycles. The Labute approximate surface area is 123 Å². The summed E-state index contributed by atoms with van der Waals surface area (Å²) in [6.45, 7) is 1.84. The molecule has 0 amide bonds. The predicted molar refractivity (Wildman–Crippen MR) is 75.2 cm³/mol. The molecule has 0 N–H and O–H groups in total. The Bertz CT molecular complexity index is 664. The van der Waals surface area contributed by atoms with Gasteiger partial charge in [-0.2, -0.15) is 13.2 Å². The lowest BCUT2D eigenvalue weighted by Gasteiger charge is -2.16. The van der Waals surface area contributed by atoms with Gasteiger partial charge < -0.3 is 4.57 Å². The molecular formula is C14H15F3N2OS. The minimum absolute atomic E-state index is 0.0933. The number of imidazole rings is 1. The fourth-order valence-electron chi connectivity index (χ4n) is 2.09. The quantitative estimate of drug-likeness (QED) is 0.863. The molecule has 0 bridgehead atoms. The summed E-state index contributed by atoms with van der Waals surface area (Å²) in [6.07, 6.45) is -0.902. The normalized spacial score (nSPS) is 13.4. The van der Waals surface area contributed by atoms with Crippen LogP contribution in [0.4, 0.5) is 13.2 Å². The second kappa shape index (κ2) is 6.01. The highest BCUT2D eigenvalue weighted by molar-refractivity contribution is 7.85. The maximum atomic E-state index is 13.3. The topological polar surface area (TPSA) is 34.9 Å². The largest absolute Gasteiger partial charge is 0.417 e. The summed E-state index contributed by atoms with van der Waals surface area (Å²) in [5.41, 5.74) is -0.900. The molecule has 0 radical (unpaired) electrons. The first-order valence-corrected chi connectivity index (χ1v) is 7.74. The first-order valence-electron chi connectivity index (χ1n) is 6.42. The van der Waals surface area contributed by atoms with Gasteiger partial charge in [-0.3, -0.25) is 4.21 Å². The molecule has 0 aliphatic carbocycles. The van der Waals surface area contributed by atoms with Crippen molar-refractivity contribution in [2.75, 3.05) is 5.75 Å². The molecule has 2 aromatic rings. The summed E-state index contributed by atoms with van der Waals surface area (Å²) >= 11 is 0. The van der Waals surface area contributed by atoms with Crippen molar-refractivity contribution in [3.8, 4) is 11.4 Å². The van der Waals surface area contributed by atoms with E-state index in [1.165, 1.54) is 22.9 Å². The average Bonchev–Trinajstić information content (AvgIpc) is 2.83. The van der Waals surface area contributed by atoms with Crippen molar-refractivity contribution in [3.05, 3.63) is 36.2 Å². The molecule has 0 aliphatic heterocycles. The van der Waals surface area contributed by atoms with Crippen LogP contribution < -0.4 is 0 Å². The van der Waals surface area contributed by atoms with E-state index in [2.05, 4.69) is 4.98 Å². The molecule has 1 aromatic carbocycles. The van der Waals surface area contributed by atoms with Crippen LogP contribution in [0.1, 0.15) is 18.9 Å². The number of halogens is 3. The number of alkyl halides is 3. The number of aryl methyl sites for hydroxylation is 1. The van der Waals surface area contributed by atoms with E-state index in [4.69, 9.17) is 0 Å². The maximum absolute atomic E-state index is 13.3. The molecule has 1 atom stereocenters. The summed E-state index contributed by atoms with van der Waals surface area (Å²) in [6, 6.07) is 3.76. The smallest absolute Gasteiger partial charge is 0.334 e. The number of hydrogen-bond donors (Lipinski definition) is 0. The highest BCUT2D eigenvalue weighted by atomic mass is 32.2. The minimum Gasteiger partial charge on any atom is -0.334 e. The van der Waals surface area contributed by atoms with Gasteiger partial charge in [-0.1, -0.05) is 13.0 Å². The lowest BCUT2D eigenvalue weighted by atomic mass is 10.1. The van der Waals surface area contributed by atoms with Crippen LogP contribution in [0.3, 0.4) is 0 Å². The highest BCUT2D eigenvalue weighted by Gasteiger charge is 2.36. The Balaban J connectivity index is 2.73. The SMILES string of the molecule is CCCS(=O)c1cccc(C(F)(F)F)c1-c1nccn1C. The molecular weight excluding hydrogens is 301 g/mol. The summed E-state index contributed by atoms with van der Waals surface area (Å²) < 4.78 is 53.6. The molecule has 0 saturated heterocycles. The molecule has 0 spiro atoms.